The van der Waals surface area contributed by atoms with Gasteiger partial charge in [0.1, 0.15) is 11.2 Å². The van der Waals surface area contributed by atoms with Crippen LogP contribution in [0.5, 0.6) is 5.75 Å². The summed E-state index contributed by atoms with van der Waals surface area (Å²) in [5, 5.41) is 0. The normalized spacial score (nSPS) is 16.2. The van der Waals surface area contributed by atoms with E-state index in [0.29, 0.717) is 12.0 Å². The first kappa shape index (κ1) is 21.0. The molecule has 0 bridgehead atoms. The third kappa shape index (κ3) is 4.71. The van der Waals surface area contributed by atoms with Gasteiger partial charge in [-0.3, -0.25) is 4.79 Å². The van der Waals surface area contributed by atoms with Crippen molar-refractivity contribution in [1.29, 1.82) is 0 Å². The van der Waals surface area contributed by atoms with Crippen LogP contribution in [0, 0.1) is 12.3 Å². The Morgan fingerprint density at radius 2 is 1.85 bits per heavy atom. The SMILES string of the molecule is CCOC(=O)C1(Cc2ccc(C)cc2OS(=O)(=O)C(F)(F)F)C=CCC=C1. The second kappa shape index (κ2) is 7.75. The molecule has 1 aliphatic rings. The predicted octanol–water partition coefficient (Wildman–Crippen LogP) is 3.83. The molecule has 2 rings (SSSR count). The number of carbonyl (C=O) groups is 1. The largest absolute Gasteiger partial charge is 0.534 e. The molecule has 0 unspecified atom stereocenters. The van der Waals surface area contributed by atoms with Crippen molar-refractivity contribution in [3.05, 3.63) is 53.6 Å². The van der Waals surface area contributed by atoms with Gasteiger partial charge in [-0.25, -0.2) is 0 Å². The van der Waals surface area contributed by atoms with Gasteiger partial charge in [0, 0.05) is 0 Å². The number of allylic oxidation sites excluding steroid dienone is 2. The van der Waals surface area contributed by atoms with Crippen molar-refractivity contribution in [3.8, 4) is 5.75 Å². The van der Waals surface area contributed by atoms with Crippen LogP contribution < -0.4 is 4.18 Å². The minimum absolute atomic E-state index is 0.109. The van der Waals surface area contributed by atoms with Gasteiger partial charge < -0.3 is 8.92 Å². The first-order valence-corrected chi connectivity index (χ1v) is 9.54. The maximum absolute atomic E-state index is 12.7. The Bertz CT molecular complexity index is 857. The fourth-order valence-electron chi connectivity index (χ4n) is 2.65. The van der Waals surface area contributed by atoms with Crippen LogP contribution in [-0.2, 0) is 26.1 Å². The number of rotatable bonds is 6. The summed E-state index contributed by atoms with van der Waals surface area (Å²) in [4.78, 5) is 12.5. The Morgan fingerprint density at radius 3 is 2.41 bits per heavy atom. The summed E-state index contributed by atoms with van der Waals surface area (Å²) in [5.41, 5.74) is -6.16. The van der Waals surface area contributed by atoms with Crippen LogP contribution in [0.3, 0.4) is 0 Å². The molecular weight excluding hydrogens is 385 g/mol. The number of hydrogen-bond acceptors (Lipinski definition) is 5. The van der Waals surface area contributed by atoms with E-state index in [1.165, 1.54) is 12.1 Å². The average Bonchev–Trinajstić information content (AvgIpc) is 2.57. The smallest absolute Gasteiger partial charge is 0.465 e. The molecule has 27 heavy (non-hydrogen) atoms. The van der Waals surface area contributed by atoms with E-state index in [1.807, 2.05) is 0 Å². The highest BCUT2D eigenvalue weighted by Gasteiger charge is 2.49. The van der Waals surface area contributed by atoms with E-state index in [9.17, 15) is 26.4 Å². The van der Waals surface area contributed by atoms with Crippen LogP contribution in [0.25, 0.3) is 0 Å². The summed E-state index contributed by atoms with van der Waals surface area (Å²) >= 11 is 0. The van der Waals surface area contributed by atoms with Crippen molar-refractivity contribution in [2.24, 2.45) is 5.41 Å². The third-order valence-electron chi connectivity index (χ3n) is 3.95. The van der Waals surface area contributed by atoms with E-state index < -0.39 is 32.8 Å². The highest BCUT2D eigenvalue weighted by atomic mass is 32.2. The van der Waals surface area contributed by atoms with Crippen LogP contribution in [0.15, 0.2) is 42.5 Å². The van der Waals surface area contributed by atoms with E-state index in [2.05, 4.69) is 4.18 Å². The molecule has 1 aromatic rings. The summed E-state index contributed by atoms with van der Waals surface area (Å²) < 4.78 is 70.4. The quantitative estimate of drug-likeness (QED) is 0.312. The molecule has 0 amide bonds. The molecule has 0 fully saturated rings. The lowest BCUT2D eigenvalue weighted by atomic mass is 9.78. The van der Waals surface area contributed by atoms with E-state index in [-0.39, 0.29) is 18.6 Å². The molecule has 148 valence electrons. The van der Waals surface area contributed by atoms with Crippen LogP contribution in [0.4, 0.5) is 13.2 Å². The van der Waals surface area contributed by atoms with Gasteiger partial charge in [-0.05, 0) is 43.9 Å². The molecule has 5 nitrogen and oxygen atoms in total. The second-order valence-corrected chi connectivity index (χ2v) is 7.61. The number of alkyl halides is 3. The summed E-state index contributed by atoms with van der Waals surface area (Å²) in [7, 11) is -5.83. The molecule has 0 atom stereocenters. The summed E-state index contributed by atoms with van der Waals surface area (Å²) in [6, 6.07) is 4.22. The van der Waals surface area contributed by atoms with Crippen LogP contribution in [0.2, 0.25) is 0 Å². The minimum Gasteiger partial charge on any atom is -0.465 e. The first-order chi connectivity index (χ1) is 12.5. The second-order valence-electron chi connectivity index (χ2n) is 6.07. The molecule has 0 spiro atoms. The van der Waals surface area contributed by atoms with Crippen LogP contribution in [0.1, 0.15) is 24.5 Å². The highest BCUT2D eigenvalue weighted by Crippen LogP contribution is 2.37. The van der Waals surface area contributed by atoms with Crippen molar-refractivity contribution in [2.75, 3.05) is 6.61 Å². The Labute approximate surface area is 155 Å². The molecule has 0 N–H and O–H groups in total. The zero-order chi connectivity index (χ0) is 20.3. The van der Waals surface area contributed by atoms with Crippen LogP contribution in [-0.4, -0.2) is 26.5 Å². The molecule has 0 heterocycles. The van der Waals surface area contributed by atoms with Gasteiger partial charge in [0.25, 0.3) is 0 Å². The Hall–Kier alpha value is -2.29. The molecular formula is C18H19F3O5S. The van der Waals surface area contributed by atoms with Gasteiger partial charge in [-0.1, -0.05) is 36.4 Å². The molecule has 1 aromatic carbocycles. The van der Waals surface area contributed by atoms with Gasteiger partial charge in [0.15, 0.2) is 0 Å². The van der Waals surface area contributed by atoms with Crippen molar-refractivity contribution in [1.82, 2.24) is 0 Å². The minimum atomic E-state index is -5.83. The summed E-state index contributed by atoms with van der Waals surface area (Å²) in [6.45, 7) is 3.35. The fourth-order valence-corrected chi connectivity index (χ4v) is 3.13. The van der Waals surface area contributed by atoms with Crippen molar-refractivity contribution < 1.29 is 35.3 Å². The molecule has 1 aliphatic carbocycles. The monoisotopic (exact) mass is 404 g/mol. The molecule has 0 saturated heterocycles. The van der Waals surface area contributed by atoms with Gasteiger partial charge in [-0.2, -0.15) is 21.6 Å². The number of carbonyl (C=O) groups excluding carboxylic acids is 1. The zero-order valence-electron chi connectivity index (χ0n) is 14.7. The van der Waals surface area contributed by atoms with Gasteiger partial charge in [-0.15, -0.1) is 0 Å². The zero-order valence-corrected chi connectivity index (χ0v) is 15.6. The Morgan fingerprint density at radius 1 is 1.22 bits per heavy atom. The van der Waals surface area contributed by atoms with E-state index in [4.69, 9.17) is 4.74 Å². The number of hydrogen-bond donors (Lipinski definition) is 0. The number of aryl methyl sites for hydroxylation is 1. The molecule has 9 heteroatoms. The number of halogens is 3. The van der Waals surface area contributed by atoms with Gasteiger partial charge in [0.2, 0.25) is 0 Å². The van der Waals surface area contributed by atoms with E-state index >= 15 is 0 Å². The lowest BCUT2D eigenvalue weighted by Crippen LogP contribution is -2.33. The van der Waals surface area contributed by atoms with Crippen LogP contribution >= 0.6 is 0 Å². The fraction of sp³-hybridized carbons (Fsp3) is 0.389. The summed E-state index contributed by atoms with van der Waals surface area (Å²) in [5.74, 6) is -1.05. The predicted molar refractivity (Wildman–Crippen MR) is 92.4 cm³/mol. The molecule has 0 saturated carbocycles. The van der Waals surface area contributed by atoms with Crippen molar-refractivity contribution in [2.45, 2.75) is 32.2 Å². The molecule has 0 aliphatic heterocycles. The lowest BCUT2D eigenvalue weighted by Gasteiger charge is -2.28. The lowest BCUT2D eigenvalue weighted by molar-refractivity contribution is -0.150. The maximum atomic E-state index is 12.7. The van der Waals surface area contributed by atoms with E-state index in [0.717, 1.165) is 0 Å². The van der Waals surface area contributed by atoms with Crippen molar-refractivity contribution in [3.63, 3.8) is 0 Å². The topological polar surface area (TPSA) is 69.7 Å². The Balaban J connectivity index is 2.46. The maximum Gasteiger partial charge on any atom is 0.534 e. The standard InChI is InChI=1S/C18H19F3O5S/c1-3-25-16(22)17(9-5-4-6-10-17)12-14-8-7-13(2)11-15(14)26-27(23,24)18(19,20)21/h5-11H,3-4,12H2,1-2H3. The third-order valence-corrected chi connectivity index (χ3v) is 4.91. The van der Waals surface area contributed by atoms with Gasteiger partial charge >= 0.3 is 21.6 Å². The highest BCUT2D eigenvalue weighted by molar-refractivity contribution is 7.88. The number of benzene rings is 1. The van der Waals surface area contributed by atoms with E-state index in [1.54, 1.807) is 44.2 Å². The molecule has 0 radical (unpaired) electrons. The average molecular weight is 404 g/mol. The van der Waals surface area contributed by atoms with Gasteiger partial charge in [0.05, 0.1) is 6.61 Å². The Kier molecular flexibility index (Phi) is 6.04. The summed E-state index contributed by atoms with van der Waals surface area (Å²) in [6.07, 6.45) is 7.17. The first-order valence-electron chi connectivity index (χ1n) is 8.13. The van der Waals surface area contributed by atoms with Crippen molar-refractivity contribution >= 4 is 16.1 Å². The number of ether oxygens (including phenoxy) is 1. The number of esters is 1. The molecule has 0 aromatic heterocycles.